The second kappa shape index (κ2) is 3.69. The molecule has 0 saturated heterocycles. The fourth-order valence-electron chi connectivity index (χ4n) is 1.10. The average molecular weight is 254 g/mol. The quantitative estimate of drug-likeness (QED) is 0.414. The van der Waals surface area contributed by atoms with Crippen LogP contribution < -0.4 is 0 Å². The van der Waals surface area contributed by atoms with E-state index < -0.39 is 12.2 Å². The molecule has 58 valence electrons. The summed E-state index contributed by atoms with van der Waals surface area (Å²) < 4.78 is 0.815. The normalized spacial score (nSPS) is 33.7. The first-order chi connectivity index (χ1) is 4.75. The van der Waals surface area contributed by atoms with E-state index in [1.165, 1.54) is 0 Å². The van der Waals surface area contributed by atoms with Crippen LogP contribution in [0.2, 0.25) is 0 Å². The Labute approximate surface area is 74.1 Å². The summed E-state index contributed by atoms with van der Waals surface area (Å²) in [4.78, 5) is 0. The van der Waals surface area contributed by atoms with Crippen LogP contribution in [0.15, 0.2) is 11.6 Å². The third-order valence-corrected chi connectivity index (χ3v) is 2.65. The minimum atomic E-state index is -0.606. The molecule has 2 nitrogen and oxygen atoms in total. The van der Waals surface area contributed by atoms with Gasteiger partial charge in [0.1, 0.15) is 6.10 Å². The van der Waals surface area contributed by atoms with Crippen LogP contribution in [0.25, 0.3) is 0 Å². The van der Waals surface area contributed by atoms with Crippen molar-refractivity contribution in [2.24, 2.45) is 0 Å². The fourth-order valence-corrected chi connectivity index (χ4v) is 1.86. The highest BCUT2D eigenvalue weighted by atomic mass is 127. The molecule has 0 radical (unpaired) electrons. The van der Waals surface area contributed by atoms with Gasteiger partial charge in [0.15, 0.2) is 0 Å². The second-order valence-corrected chi connectivity index (χ2v) is 3.26. The van der Waals surface area contributed by atoms with Crippen molar-refractivity contribution in [3.63, 3.8) is 0 Å². The maximum absolute atomic E-state index is 9.31. The zero-order chi connectivity index (χ0) is 7.56. The number of allylic oxidation sites excluding steroid dienone is 1. The zero-order valence-electron chi connectivity index (χ0n) is 5.63. The Kier molecular flexibility index (Phi) is 3.13. The van der Waals surface area contributed by atoms with Crippen LogP contribution in [0.5, 0.6) is 0 Å². The number of hydrogen-bond donors (Lipinski definition) is 2. The molecule has 0 unspecified atom stereocenters. The standard InChI is InChI=1S/C7H11IO2/c8-4-5-2-1-3-6(9)7(5)10/h2,6-7,9-10H,1,3-4H2/t6-,7+/m0/s1. The molecule has 0 bridgehead atoms. The summed E-state index contributed by atoms with van der Waals surface area (Å²) in [6.07, 6.45) is 2.47. The summed E-state index contributed by atoms with van der Waals surface area (Å²) in [6, 6.07) is 0. The van der Waals surface area contributed by atoms with Crippen LogP contribution in [0.3, 0.4) is 0 Å². The summed E-state index contributed by atoms with van der Waals surface area (Å²) in [7, 11) is 0. The summed E-state index contributed by atoms with van der Waals surface area (Å²) in [5.41, 5.74) is 0.972. The van der Waals surface area contributed by atoms with Gasteiger partial charge >= 0.3 is 0 Å². The molecule has 0 aromatic rings. The monoisotopic (exact) mass is 254 g/mol. The van der Waals surface area contributed by atoms with Gasteiger partial charge in [-0.3, -0.25) is 0 Å². The highest BCUT2D eigenvalue weighted by Crippen LogP contribution is 2.20. The number of hydrogen-bond acceptors (Lipinski definition) is 2. The van der Waals surface area contributed by atoms with Crippen molar-refractivity contribution >= 4 is 22.6 Å². The second-order valence-electron chi connectivity index (χ2n) is 2.50. The first-order valence-electron chi connectivity index (χ1n) is 3.36. The molecule has 0 heterocycles. The van der Waals surface area contributed by atoms with Crippen LogP contribution in [0.1, 0.15) is 12.8 Å². The first-order valence-corrected chi connectivity index (χ1v) is 4.89. The van der Waals surface area contributed by atoms with Gasteiger partial charge in [0, 0.05) is 4.43 Å². The van der Waals surface area contributed by atoms with E-state index in [1.807, 2.05) is 6.08 Å². The fraction of sp³-hybridized carbons (Fsp3) is 0.714. The molecule has 1 aliphatic carbocycles. The van der Waals surface area contributed by atoms with Crippen LogP contribution in [-0.2, 0) is 0 Å². The molecule has 0 aromatic heterocycles. The molecule has 0 spiro atoms. The molecular weight excluding hydrogens is 243 g/mol. The molecule has 0 aliphatic heterocycles. The van der Waals surface area contributed by atoms with Crippen LogP contribution >= 0.6 is 22.6 Å². The smallest absolute Gasteiger partial charge is 0.102 e. The van der Waals surface area contributed by atoms with E-state index >= 15 is 0 Å². The number of halogens is 1. The van der Waals surface area contributed by atoms with E-state index in [-0.39, 0.29) is 0 Å². The van der Waals surface area contributed by atoms with Crippen LogP contribution in [0.4, 0.5) is 0 Å². The molecule has 0 fully saturated rings. The molecule has 0 amide bonds. The Hall–Kier alpha value is 0.390. The minimum Gasteiger partial charge on any atom is -0.390 e. The van der Waals surface area contributed by atoms with Crippen LogP contribution in [0, 0.1) is 0 Å². The van der Waals surface area contributed by atoms with Gasteiger partial charge in [-0.25, -0.2) is 0 Å². The lowest BCUT2D eigenvalue weighted by Crippen LogP contribution is -2.30. The zero-order valence-corrected chi connectivity index (χ0v) is 7.78. The van der Waals surface area contributed by atoms with Gasteiger partial charge < -0.3 is 10.2 Å². The van der Waals surface area contributed by atoms with Gasteiger partial charge in [0.2, 0.25) is 0 Å². The predicted octanol–water partition coefficient (Wildman–Crippen LogP) is 0.863. The first kappa shape index (κ1) is 8.49. The molecular formula is C7H11IO2. The molecule has 1 rings (SSSR count). The largest absolute Gasteiger partial charge is 0.390 e. The van der Waals surface area contributed by atoms with Gasteiger partial charge in [-0.2, -0.15) is 0 Å². The van der Waals surface area contributed by atoms with Crippen molar-refractivity contribution in [2.45, 2.75) is 25.0 Å². The highest BCUT2D eigenvalue weighted by molar-refractivity contribution is 14.1. The van der Waals surface area contributed by atoms with E-state index in [1.54, 1.807) is 0 Å². The van der Waals surface area contributed by atoms with E-state index in [0.29, 0.717) is 6.42 Å². The predicted molar refractivity (Wildman–Crippen MR) is 48.2 cm³/mol. The summed E-state index contributed by atoms with van der Waals surface area (Å²) in [6.45, 7) is 0. The lowest BCUT2D eigenvalue weighted by Gasteiger charge is -2.23. The van der Waals surface area contributed by atoms with E-state index in [9.17, 15) is 10.2 Å². The van der Waals surface area contributed by atoms with Crippen molar-refractivity contribution < 1.29 is 10.2 Å². The third-order valence-electron chi connectivity index (χ3n) is 1.77. The van der Waals surface area contributed by atoms with Gasteiger partial charge in [0.25, 0.3) is 0 Å². The summed E-state index contributed by atoms with van der Waals surface area (Å²) in [5.74, 6) is 0. The minimum absolute atomic E-state index is 0.533. The van der Waals surface area contributed by atoms with Crippen LogP contribution in [-0.4, -0.2) is 26.8 Å². The Bertz CT molecular complexity index is 145. The summed E-state index contributed by atoms with van der Waals surface area (Å²) >= 11 is 2.19. The van der Waals surface area contributed by atoms with Crippen molar-refractivity contribution in [1.82, 2.24) is 0 Å². The topological polar surface area (TPSA) is 40.5 Å². The lowest BCUT2D eigenvalue weighted by molar-refractivity contribution is 0.0321. The van der Waals surface area contributed by atoms with Gasteiger partial charge in [0.05, 0.1) is 6.10 Å². The number of aliphatic hydroxyl groups is 2. The SMILES string of the molecule is O[C@@H]1C(CI)=CCC[C@@H]1O. The van der Waals surface area contributed by atoms with Crippen molar-refractivity contribution in [2.75, 3.05) is 4.43 Å². The number of aliphatic hydroxyl groups excluding tert-OH is 2. The maximum atomic E-state index is 9.31. The Morgan fingerprint density at radius 2 is 2.30 bits per heavy atom. The van der Waals surface area contributed by atoms with Gasteiger partial charge in [-0.1, -0.05) is 28.7 Å². The Morgan fingerprint density at radius 3 is 2.80 bits per heavy atom. The summed E-state index contributed by atoms with van der Waals surface area (Å²) in [5, 5.41) is 18.5. The maximum Gasteiger partial charge on any atom is 0.102 e. The highest BCUT2D eigenvalue weighted by Gasteiger charge is 2.22. The lowest BCUT2D eigenvalue weighted by atomic mass is 9.95. The van der Waals surface area contributed by atoms with Gasteiger partial charge in [-0.05, 0) is 18.4 Å². The molecule has 3 heteroatoms. The molecule has 2 atom stereocenters. The molecule has 0 saturated carbocycles. The molecule has 10 heavy (non-hydrogen) atoms. The molecule has 0 aromatic carbocycles. The van der Waals surface area contributed by atoms with Crippen molar-refractivity contribution in [3.8, 4) is 0 Å². The number of alkyl halides is 1. The Morgan fingerprint density at radius 1 is 1.60 bits per heavy atom. The average Bonchev–Trinajstić information content (AvgIpc) is 1.95. The van der Waals surface area contributed by atoms with E-state index in [4.69, 9.17) is 0 Å². The van der Waals surface area contributed by atoms with Crippen molar-refractivity contribution in [1.29, 1.82) is 0 Å². The molecule has 1 aliphatic rings. The van der Waals surface area contributed by atoms with Gasteiger partial charge in [-0.15, -0.1) is 0 Å². The van der Waals surface area contributed by atoms with E-state index in [0.717, 1.165) is 16.4 Å². The Balaban J connectivity index is 2.62. The number of rotatable bonds is 1. The molecule has 2 N–H and O–H groups in total. The third kappa shape index (κ3) is 1.71. The van der Waals surface area contributed by atoms with Crippen molar-refractivity contribution in [3.05, 3.63) is 11.6 Å². The van der Waals surface area contributed by atoms with E-state index in [2.05, 4.69) is 22.6 Å².